The number of nitrogens with zero attached hydrogens (tertiary/aromatic N) is 1. The van der Waals surface area contributed by atoms with Crippen LogP contribution >= 0.6 is 0 Å². The Balaban J connectivity index is 1.91. The highest BCUT2D eigenvalue weighted by atomic mass is 15.1. The Bertz CT molecular complexity index is 310. The number of rotatable bonds is 3. The van der Waals surface area contributed by atoms with Crippen molar-refractivity contribution in [2.24, 2.45) is 5.73 Å². The van der Waals surface area contributed by atoms with Gasteiger partial charge in [0.1, 0.15) is 0 Å². The van der Waals surface area contributed by atoms with Crippen LogP contribution in [0, 0.1) is 6.92 Å². The monoisotopic (exact) mass is 218 g/mol. The molecule has 0 aliphatic carbocycles. The summed E-state index contributed by atoms with van der Waals surface area (Å²) in [7, 11) is 0. The van der Waals surface area contributed by atoms with Gasteiger partial charge in [-0.3, -0.25) is 0 Å². The number of aryl methyl sites for hydroxylation is 1. The highest BCUT2D eigenvalue weighted by molar-refractivity contribution is 5.24. The molecular weight excluding hydrogens is 196 g/mol. The second kappa shape index (κ2) is 5.46. The van der Waals surface area contributed by atoms with E-state index in [0.29, 0.717) is 0 Å². The quantitative estimate of drug-likeness (QED) is 0.842. The van der Waals surface area contributed by atoms with Crippen LogP contribution in [0.2, 0.25) is 0 Å². The zero-order valence-corrected chi connectivity index (χ0v) is 10.2. The molecule has 1 fully saturated rings. The van der Waals surface area contributed by atoms with Gasteiger partial charge in [-0.25, -0.2) is 0 Å². The van der Waals surface area contributed by atoms with Gasteiger partial charge in [-0.1, -0.05) is 29.8 Å². The molecule has 2 rings (SSSR count). The van der Waals surface area contributed by atoms with E-state index in [4.69, 9.17) is 5.73 Å². The van der Waals surface area contributed by atoms with Gasteiger partial charge in [0, 0.05) is 13.1 Å². The number of hydrogen-bond donors (Lipinski definition) is 1. The van der Waals surface area contributed by atoms with Gasteiger partial charge < -0.3 is 10.6 Å². The first-order valence-corrected chi connectivity index (χ1v) is 6.28. The Morgan fingerprint density at radius 1 is 1.19 bits per heavy atom. The topological polar surface area (TPSA) is 29.3 Å². The Hall–Kier alpha value is -0.860. The fourth-order valence-corrected chi connectivity index (χ4v) is 2.51. The van der Waals surface area contributed by atoms with Crippen molar-refractivity contribution < 1.29 is 0 Å². The maximum Gasteiger partial charge on any atom is 0.0105 e. The molecule has 2 heteroatoms. The van der Waals surface area contributed by atoms with E-state index in [9.17, 15) is 0 Å². The van der Waals surface area contributed by atoms with Crippen LogP contribution in [0.25, 0.3) is 0 Å². The first-order chi connectivity index (χ1) is 7.79. The first kappa shape index (κ1) is 11.6. The number of benzene rings is 1. The lowest BCUT2D eigenvalue weighted by atomic mass is 9.89. The molecule has 2 N–H and O–H groups in total. The molecule has 0 aromatic heterocycles. The molecule has 1 aliphatic rings. The van der Waals surface area contributed by atoms with E-state index in [1.165, 1.54) is 37.1 Å². The van der Waals surface area contributed by atoms with Gasteiger partial charge in [0.05, 0.1) is 0 Å². The zero-order valence-electron chi connectivity index (χ0n) is 10.2. The van der Waals surface area contributed by atoms with Crippen molar-refractivity contribution in [2.75, 3.05) is 26.2 Å². The third kappa shape index (κ3) is 2.83. The largest absolute Gasteiger partial charge is 0.329 e. The molecule has 16 heavy (non-hydrogen) atoms. The predicted molar refractivity (Wildman–Crippen MR) is 68.6 cm³/mol. The Morgan fingerprint density at radius 3 is 2.38 bits per heavy atom. The first-order valence-electron chi connectivity index (χ1n) is 6.28. The zero-order chi connectivity index (χ0) is 11.4. The van der Waals surface area contributed by atoms with Crippen molar-refractivity contribution in [1.29, 1.82) is 0 Å². The molecule has 0 saturated carbocycles. The minimum Gasteiger partial charge on any atom is -0.329 e. The van der Waals surface area contributed by atoms with Crippen molar-refractivity contribution in [2.45, 2.75) is 25.7 Å². The molecular formula is C14H22N2. The van der Waals surface area contributed by atoms with Gasteiger partial charge in [0.15, 0.2) is 0 Å². The van der Waals surface area contributed by atoms with E-state index in [-0.39, 0.29) is 0 Å². The SMILES string of the molecule is Cc1ccc(C2CCN(CCN)CC2)cc1. The highest BCUT2D eigenvalue weighted by Gasteiger charge is 2.19. The summed E-state index contributed by atoms with van der Waals surface area (Å²) in [6, 6.07) is 9.03. The minimum atomic E-state index is 0.759. The molecule has 0 radical (unpaired) electrons. The third-order valence-corrected chi connectivity index (χ3v) is 3.58. The minimum absolute atomic E-state index is 0.759. The fourth-order valence-electron chi connectivity index (χ4n) is 2.51. The normalized spacial score (nSPS) is 18.9. The van der Waals surface area contributed by atoms with Crippen molar-refractivity contribution in [3.05, 3.63) is 35.4 Å². The van der Waals surface area contributed by atoms with Crippen LogP contribution in [-0.2, 0) is 0 Å². The lowest BCUT2D eigenvalue weighted by molar-refractivity contribution is 0.218. The second-order valence-corrected chi connectivity index (χ2v) is 4.82. The standard InChI is InChI=1S/C14H22N2/c1-12-2-4-13(5-3-12)14-6-9-16(10-7-14)11-8-15/h2-5,14H,6-11,15H2,1H3. The number of nitrogens with two attached hydrogens (primary N) is 1. The molecule has 1 saturated heterocycles. The van der Waals surface area contributed by atoms with Gasteiger partial charge in [0.2, 0.25) is 0 Å². The van der Waals surface area contributed by atoms with Crippen LogP contribution in [0.5, 0.6) is 0 Å². The summed E-state index contributed by atoms with van der Waals surface area (Å²) in [5.41, 5.74) is 8.44. The summed E-state index contributed by atoms with van der Waals surface area (Å²) in [6.45, 7) is 6.40. The highest BCUT2D eigenvalue weighted by Crippen LogP contribution is 2.27. The van der Waals surface area contributed by atoms with E-state index in [1.54, 1.807) is 0 Å². The summed E-state index contributed by atoms with van der Waals surface area (Å²) in [6.07, 6.45) is 2.56. The summed E-state index contributed by atoms with van der Waals surface area (Å²) in [4.78, 5) is 2.48. The lowest BCUT2D eigenvalue weighted by Gasteiger charge is -2.31. The molecule has 0 bridgehead atoms. The van der Waals surface area contributed by atoms with E-state index in [1.807, 2.05) is 0 Å². The van der Waals surface area contributed by atoms with Crippen molar-refractivity contribution in [3.63, 3.8) is 0 Å². The Labute approximate surface area is 98.4 Å². The summed E-state index contributed by atoms with van der Waals surface area (Å²) < 4.78 is 0. The van der Waals surface area contributed by atoms with Gasteiger partial charge in [-0.15, -0.1) is 0 Å². The third-order valence-electron chi connectivity index (χ3n) is 3.58. The fraction of sp³-hybridized carbons (Fsp3) is 0.571. The van der Waals surface area contributed by atoms with Gasteiger partial charge in [0.25, 0.3) is 0 Å². The van der Waals surface area contributed by atoms with Gasteiger partial charge in [-0.2, -0.15) is 0 Å². The van der Waals surface area contributed by atoms with Crippen molar-refractivity contribution in [1.82, 2.24) is 4.90 Å². The molecule has 1 aliphatic heterocycles. The molecule has 2 nitrogen and oxygen atoms in total. The lowest BCUT2D eigenvalue weighted by Crippen LogP contribution is -2.36. The van der Waals surface area contributed by atoms with Gasteiger partial charge in [-0.05, 0) is 44.3 Å². The Morgan fingerprint density at radius 2 is 1.81 bits per heavy atom. The molecule has 0 unspecified atom stereocenters. The summed E-state index contributed by atoms with van der Waals surface area (Å²) in [5.74, 6) is 0.759. The van der Waals surface area contributed by atoms with Crippen LogP contribution in [0.3, 0.4) is 0 Å². The average Bonchev–Trinajstić information content (AvgIpc) is 2.32. The van der Waals surface area contributed by atoms with E-state index in [0.717, 1.165) is 19.0 Å². The average molecular weight is 218 g/mol. The van der Waals surface area contributed by atoms with E-state index in [2.05, 4.69) is 36.1 Å². The van der Waals surface area contributed by atoms with Gasteiger partial charge >= 0.3 is 0 Å². The van der Waals surface area contributed by atoms with E-state index >= 15 is 0 Å². The number of likely N-dealkylation sites (tertiary alicyclic amines) is 1. The van der Waals surface area contributed by atoms with Crippen LogP contribution < -0.4 is 5.73 Å². The Kier molecular flexibility index (Phi) is 3.97. The summed E-state index contributed by atoms with van der Waals surface area (Å²) in [5, 5.41) is 0. The number of hydrogen-bond acceptors (Lipinski definition) is 2. The predicted octanol–water partition coefficient (Wildman–Crippen LogP) is 2.13. The van der Waals surface area contributed by atoms with Crippen molar-refractivity contribution in [3.8, 4) is 0 Å². The van der Waals surface area contributed by atoms with Crippen LogP contribution in [-0.4, -0.2) is 31.1 Å². The molecule has 1 heterocycles. The van der Waals surface area contributed by atoms with Crippen LogP contribution in [0.1, 0.15) is 29.9 Å². The number of piperidine rings is 1. The maximum absolute atomic E-state index is 5.58. The molecule has 1 aromatic carbocycles. The molecule has 0 spiro atoms. The molecule has 88 valence electrons. The molecule has 0 atom stereocenters. The maximum atomic E-state index is 5.58. The van der Waals surface area contributed by atoms with Crippen LogP contribution in [0.15, 0.2) is 24.3 Å². The van der Waals surface area contributed by atoms with E-state index < -0.39 is 0 Å². The second-order valence-electron chi connectivity index (χ2n) is 4.82. The summed E-state index contributed by atoms with van der Waals surface area (Å²) >= 11 is 0. The van der Waals surface area contributed by atoms with Crippen molar-refractivity contribution >= 4 is 0 Å². The van der Waals surface area contributed by atoms with Crippen LogP contribution in [0.4, 0.5) is 0 Å². The molecule has 0 amide bonds. The smallest absolute Gasteiger partial charge is 0.0105 e. The molecule has 1 aromatic rings.